The summed E-state index contributed by atoms with van der Waals surface area (Å²) < 4.78 is 7.93. The van der Waals surface area contributed by atoms with Gasteiger partial charge in [0, 0.05) is 33.3 Å². The first-order valence-electron chi connectivity index (χ1n) is 6.96. The Labute approximate surface area is 141 Å². The van der Waals surface area contributed by atoms with Gasteiger partial charge in [0.15, 0.2) is 0 Å². The monoisotopic (exact) mass is 410 g/mol. The lowest BCUT2D eigenvalue weighted by molar-refractivity contribution is 0.289. The second-order valence-corrected chi connectivity index (χ2v) is 7.02. The van der Waals surface area contributed by atoms with Crippen LogP contribution >= 0.6 is 31.9 Å². The molecule has 0 saturated heterocycles. The number of hydrogen-bond acceptors (Lipinski definition) is 3. The van der Waals surface area contributed by atoms with Gasteiger partial charge in [0.25, 0.3) is 0 Å². The molecule has 3 rings (SSSR count). The lowest BCUT2D eigenvalue weighted by Gasteiger charge is -2.11. The van der Waals surface area contributed by atoms with Crippen molar-refractivity contribution in [3.63, 3.8) is 0 Å². The number of rotatable bonds is 6. The van der Waals surface area contributed by atoms with Crippen LogP contribution in [0.3, 0.4) is 0 Å². The maximum absolute atomic E-state index is 5.88. The largest absolute Gasteiger partial charge is 0.473 e. The highest BCUT2D eigenvalue weighted by Crippen LogP contribution is 2.24. The standard InChI is InChI=1S/C16H16Br2N2O/c17-13-3-1-11(2-4-13)10-21-16-12(7-14(18)9-20-16)8-19-15-5-6-15/h1-4,7,9,15,19H,5-6,8,10H2. The molecule has 3 nitrogen and oxygen atoms in total. The Hall–Kier alpha value is -0.910. The summed E-state index contributed by atoms with van der Waals surface area (Å²) in [5, 5.41) is 3.50. The average Bonchev–Trinajstić information content (AvgIpc) is 3.30. The highest BCUT2D eigenvalue weighted by atomic mass is 79.9. The van der Waals surface area contributed by atoms with Crippen LogP contribution in [-0.2, 0) is 13.2 Å². The molecule has 1 aliphatic carbocycles. The fourth-order valence-electron chi connectivity index (χ4n) is 2.00. The molecule has 0 bridgehead atoms. The topological polar surface area (TPSA) is 34.1 Å². The van der Waals surface area contributed by atoms with E-state index in [2.05, 4.69) is 48.2 Å². The van der Waals surface area contributed by atoms with Crippen molar-refractivity contribution < 1.29 is 4.74 Å². The van der Waals surface area contributed by atoms with Crippen LogP contribution in [0, 0.1) is 0 Å². The van der Waals surface area contributed by atoms with Gasteiger partial charge in [-0.3, -0.25) is 0 Å². The first kappa shape index (κ1) is 15.0. The molecule has 1 fully saturated rings. The van der Waals surface area contributed by atoms with Crippen LogP contribution in [-0.4, -0.2) is 11.0 Å². The molecule has 0 spiro atoms. The predicted molar refractivity (Wildman–Crippen MR) is 90.3 cm³/mol. The van der Waals surface area contributed by atoms with E-state index in [-0.39, 0.29) is 0 Å². The zero-order valence-electron chi connectivity index (χ0n) is 11.5. The lowest BCUT2D eigenvalue weighted by Crippen LogP contribution is -2.16. The highest BCUT2D eigenvalue weighted by molar-refractivity contribution is 9.10. The van der Waals surface area contributed by atoms with E-state index in [9.17, 15) is 0 Å². The summed E-state index contributed by atoms with van der Waals surface area (Å²) >= 11 is 6.91. The second-order valence-electron chi connectivity index (χ2n) is 5.19. The molecule has 0 aliphatic heterocycles. The molecule has 0 atom stereocenters. The number of benzene rings is 1. The van der Waals surface area contributed by atoms with Crippen molar-refractivity contribution in [1.29, 1.82) is 0 Å². The predicted octanol–water partition coefficient (Wildman–Crippen LogP) is 4.44. The summed E-state index contributed by atoms with van der Waals surface area (Å²) in [5.74, 6) is 0.703. The Balaban J connectivity index is 1.66. The second kappa shape index (κ2) is 6.90. The quantitative estimate of drug-likeness (QED) is 0.762. The summed E-state index contributed by atoms with van der Waals surface area (Å²) in [6, 6.07) is 10.9. The number of hydrogen-bond donors (Lipinski definition) is 1. The smallest absolute Gasteiger partial charge is 0.218 e. The molecule has 1 N–H and O–H groups in total. The Bertz CT molecular complexity index is 612. The van der Waals surface area contributed by atoms with Crippen LogP contribution in [0.5, 0.6) is 5.88 Å². The minimum absolute atomic E-state index is 0.526. The van der Waals surface area contributed by atoms with E-state index in [1.165, 1.54) is 12.8 Å². The van der Waals surface area contributed by atoms with Gasteiger partial charge in [-0.05, 0) is 52.5 Å². The molecular formula is C16H16Br2N2O. The first-order valence-corrected chi connectivity index (χ1v) is 8.54. The fraction of sp³-hybridized carbons (Fsp3) is 0.312. The van der Waals surface area contributed by atoms with Gasteiger partial charge in [-0.25, -0.2) is 4.98 Å². The molecule has 0 radical (unpaired) electrons. The lowest BCUT2D eigenvalue weighted by atomic mass is 10.2. The number of nitrogens with zero attached hydrogens (tertiary/aromatic N) is 1. The molecule has 21 heavy (non-hydrogen) atoms. The van der Waals surface area contributed by atoms with Crippen molar-refractivity contribution in [3.8, 4) is 5.88 Å². The van der Waals surface area contributed by atoms with E-state index in [0.717, 1.165) is 26.6 Å². The van der Waals surface area contributed by atoms with Crippen molar-refractivity contribution >= 4 is 31.9 Å². The maximum Gasteiger partial charge on any atom is 0.218 e. The van der Waals surface area contributed by atoms with Gasteiger partial charge in [-0.1, -0.05) is 28.1 Å². The molecule has 110 valence electrons. The Kier molecular flexibility index (Phi) is 4.93. The molecule has 5 heteroatoms. The minimum Gasteiger partial charge on any atom is -0.473 e. The van der Waals surface area contributed by atoms with Gasteiger partial charge in [0.2, 0.25) is 5.88 Å². The number of aromatic nitrogens is 1. The van der Waals surface area contributed by atoms with Crippen molar-refractivity contribution in [1.82, 2.24) is 10.3 Å². The van der Waals surface area contributed by atoms with Crippen LogP contribution in [0.15, 0.2) is 45.5 Å². The third kappa shape index (κ3) is 4.53. The number of ether oxygens (including phenoxy) is 1. The van der Waals surface area contributed by atoms with Gasteiger partial charge < -0.3 is 10.1 Å². The van der Waals surface area contributed by atoms with Crippen molar-refractivity contribution in [2.75, 3.05) is 0 Å². The summed E-state index contributed by atoms with van der Waals surface area (Å²) in [7, 11) is 0. The van der Waals surface area contributed by atoms with Crippen molar-refractivity contribution in [3.05, 3.63) is 56.6 Å². The van der Waals surface area contributed by atoms with Crippen molar-refractivity contribution in [2.24, 2.45) is 0 Å². The van der Waals surface area contributed by atoms with Gasteiger partial charge in [0.05, 0.1) is 0 Å². The van der Waals surface area contributed by atoms with E-state index in [0.29, 0.717) is 18.5 Å². The first-order chi connectivity index (χ1) is 10.2. The molecule has 1 aromatic carbocycles. The van der Waals surface area contributed by atoms with Crippen LogP contribution in [0.4, 0.5) is 0 Å². The number of halogens is 2. The SMILES string of the molecule is Brc1ccc(COc2ncc(Br)cc2CNC2CC2)cc1. The molecule has 1 aromatic heterocycles. The average molecular weight is 412 g/mol. The third-order valence-corrected chi connectivity index (χ3v) is 4.30. The number of pyridine rings is 1. The van der Waals surface area contributed by atoms with Gasteiger partial charge in [0.1, 0.15) is 6.61 Å². The van der Waals surface area contributed by atoms with E-state index in [4.69, 9.17) is 4.74 Å². The maximum atomic E-state index is 5.88. The molecule has 0 unspecified atom stereocenters. The molecule has 1 aliphatic rings. The van der Waals surface area contributed by atoms with Crippen LogP contribution < -0.4 is 10.1 Å². The molecule has 2 aromatic rings. The van der Waals surface area contributed by atoms with Gasteiger partial charge in [-0.15, -0.1) is 0 Å². The van der Waals surface area contributed by atoms with Crippen LogP contribution in [0.2, 0.25) is 0 Å². The summed E-state index contributed by atoms with van der Waals surface area (Å²) in [5.41, 5.74) is 2.22. The summed E-state index contributed by atoms with van der Waals surface area (Å²) in [6.07, 6.45) is 4.32. The van der Waals surface area contributed by atoms with Crippen LogP contribution in [0.25, 0.3) is 0 Å². The third-order valence-electron chi connectivity index (χ3n) is 3.34. The Morgan fingerprint density at radius 1 is 1.14 bits per heavy atom. The van der Waals surface area contributed by atoms with Gasteiger partial charge >= 0.3 is 0 Å². The number of nitrogens with one attached hydrogen (secondary N) is 1. The minimum atomic E-state index is 0.526. The summed E-state index contributed by atoms with van der Waals surface area (Å²) in [4.78, 5) is 4.39. The van der Waals surface area contributed by atoms with E-state index in [1.54, 1.807) is 6.20 Å². The molecule has 1 saturated carbocycles. The van der Waals surface area contributed by atoms with E-state index < -0.39 is 0 Å². The van der Waals surface area contributed by atoms with Gasteiger partial charge in [-0.2, -0.15) is 0 Å². The molecular weight excluding hydrogens is 396 g/mol. The molecule has 1 heterocycles. The highest BCUT2D eigenvalue weighted by Gasteiger charge is 2.21. The fourth-order valence-corrected chi connectivity index (χ4v) is 2.64. The normalized spacial score (nSPS) is 14.2. The van der Waals surface area contributed by atoms with Crippen LogP contribution in [0.1, 0.15) is 24.0 Å². The Morgan fingerprint density at radius 2 is 1.90 bits per heavy atom. The zero-order chi connectivity index (χ0) is 14.7. The zero-order valence-corrected chi connectivity index (χ0v) is 14.7. The Morgan fingerprint density at radius 3 is 2.62 bits per heavy atom. The van der Waals surface area contributed by atoms with Crippen molar-refractivity contribution in [2.45, 2.75) is 32.0 Å². The molecule has 0 amide bonds. The summed E-state index contributed by atoms with van der Waals surface area (Å²) in [6.45, 7) is 1.32. The van der Waals surface area contributed by atoms with E-state index in [1.807, 2.05) is 24.3 Å². The van der Waals surface area contributed by atoms with E-state index >= 15 is 0 Å².